The first-order chi connectivity index (χ1) is 17.3. The van der Waals surface area contributed by atoms with Crippen LogP contribution in [-0.4, -0.2) is 38.0 Å². The molecule has 186 valence electrons. The van der Waals surface area contributed by atoms with Crippen LogP contribution >= 0.6 is 0 Å². The molecule has 0 spiro atoms. The van der Waals surface area contributed by atoms with Crippen molar-refractivity contribution in [2.75, 3.05) is 6.54 Å². The number of amides is 1. The van der Waals surface area contributed by atoms with E-state index in [-0.39, 0.29) is 23.2 Å². The van der Waals surface area contributed by atoms with Gasteiger partial charge in [0.15, 0.2) is 0 Å². The highest BCUT2D eigenvalue weighted by Crippen LogP contribution is 2.41. The fourth-order valence-corrected chi connectivity index (χ4v) is 6.14. The van der Waals surface area contributed by atoms with Gasteiger partial charge in [-0.15, -0.1) is 0 Å². The number of benzene rings is 1. The summed E-state index contributed by atoms with van der Waals surface area (Å²) in [5.74, 6) is -0.577. The third-order valence-electron chi connectivity index (χ3n) is 7.97. The van der Waals surface area contributed by atoms with E-state index in [1.807, 2.05) is 41.4 Å². The van der Waals surface area contributed by atoms with Crippen LogP contribution in [0, 0.1) is 23.2 Å². The third kappa shape index (κ3) is 4.48. The SMILES string of the molecule is CC1(C)CN(C(=O)CC2CCC(C(=O)O)CC2)Cc2c1c1cccnc1n2Cc1ccc(C#N)cc1. The molecule has 7 heteroatoms. The monoisotopic (exact) mass is 484 g/mol. The second kappa shape index (κ2) is 9.42. The molecule has 1 saturated carbocycles. The Bertz CT molecular complexity index is 1340. The summed E-state index contributed by atoms with van der Waals surface area (Å²) in [5, 5.41) is 19.6. The molecule has 0 atom stereocenters. The Morgan fingerprint density at radius 3 is 2.53 bits per heavy atom. The number of fused-ring (bicyclic) bond motifs is 3. The summed E-state index contributed by atoms with van der Waals surface area (Å²) >= 11 is 0. The van der Waals surface area contributed by atoms with Gasteiger partial charge in [0.05, 0.1) is 24.1 Å². The lowest BCUT2D eigenvalue weighted by atomic mass is 9.78. The molecule has 1 aliphatic heterocycles. The molecule has 3 aromatic rings. The molecule has 2 aromatic heterocycles. The molecule has 1 fully saturated rings. The van der Waals surface area contributed by atoms with E-state index in [0.29, 0.717) is 44.5 Å². The molecular formula is C29H32N4O3. The molecule has 0 unspecified atom stereocenters. The van der Waals surface area contributed by atoms with Crippen LogP contribution in [0.5, 0.6) is 0 Å². The number of hydrogen-bond donors (Lipinski definition) is 1. The Morgan fingerprint density at radius 1 is 1.14 bits per heavy atom. The normalized spacial score (nSPS) is 21.1. The second-order valence-electron chi connectivity index (χ2n) is 11.0. The van der Waals surface area contributed by atoms with Gasteiger partial charge in [0, 0.05) is 42.2 Å². The van der Waals surface area contributed by atoms with Gasteiger partial charge in [0.2, 0.25) is 5.91 Å². The van der Waals surface area contributed by atoms with E-state index in [4.69, 9.17) is 10.2 Å². The molecule has 1 aliphatic carbocycles. The lowest BCUT2D eigenvalue weighted by Crippen LogP contribution is -2.46. The Kier molecular flexibility index (Phi) is 6.29. The average Bonchev–Trinajstić information content (AvgIpc) is 3.18. The maximum absolute atomic E-state index is 13.5. The van der Waals surface area contributed by atoms with E-state index in [0.717, 1.165) is 35.1 Å². The molecule has 0 bridgehead atoms. The van der Waals surface area contributed by atoms with Crippen molar-refractivity contribution in [3.63, 3.8) is 0 Å². The van der Waals surface area contributed by atoms with Gasteiger partial charge in [-0.2, -0.15) is 5.26 Å². The lowest BCUT2D eigenvalue weighted by molar-refractivity contribution is -0.143. The number of nitrogens with zero attached hydrogens (tertiary/aromatic N) is 4. The second-order valence-corrected chi connectivity index (χ2v) is 11.0. The first-order valence-corrected chi connectivity index (χ1v) is 12.7. The van der Waals surface area contributed by atoms with E-state index in [1.54, 1.807) is 0 Å². The summed E-state index contributed by atoms with van der Waals surface area (Å²) in [4.78, 5) is 31.5. The molecule has 1 amide bonds. The van der Waals surface area contributed by atoms with Crippen LogP contribution in [0.3, 0.4) is 0 Å². The molecule has 0 radical (unpaired) electrons. The highest BCUT2D eigenvalue weighted by molar-refractivity contribution is 5.85. The molecular weight excluding hydrogens is 452 g/mol. The van der Waals surface area contributed by atoms with Crippen molar-refractivity contribution in [2.24, 2.45) is 11.8 Å². The fraction of sp³-hybridized carbons (Fsp3) is 0.448. The molecule has 5 rings (SSSR count). The number of carboxylic acids is 1. The summed E-state index contributed by atoms with van der Waals surface area (Å²) in [7, 11) is 0. The summed E-state index contributed by atoms with van der Waals surface area (Å²) in [6, 6.07) is 13.9. The van der Waals surface area contributed by atoms with E-state index in [9.17, 15) is 14.7 Å². The highest BCUT2D eigenvalue weighted by atomic mass is 16.4. The van der Waals surface area contributed by atoms with Crippen molar-refractivity contribution < 1.29 is 14.7 Å². The minimum Gasteiger partial charge on any atom is -0.481 e. The zero-order valence-corrected chi connectivity index (χ0v) is 20.9. The van der Waals surface area contributed by atoms with Crippen LogP contribution in [0.1, 0.15) is 68.3 Å². The van der Waals surface area contributed by atoms with Crippen molar-refractivity contribution in [3.8, 4) is 6.07 Å². The van der Waals surface area contributed by atoms with Crippen LogP contribution in [0.2, 0.25) is 0 Å². The number of carbonyl (C=O) groups is 2. The maximum Gasteiger partial charge on any atom is 0.306 e. The minimum absolute atomic E-state index is 0.149. The molecule has 3 heterocycles. The van der Waals surface area contributed by atoms with Gasteiger partial charge in [0.25, 0.3) is 0 Å². The lowest BCUT2D eigenvalue weighted by Gasteiger charge is -2.40. The minimum atomic E-state index is -0.714. The van der Waals surface area contributed by atoms with Crippen LogP contribution in [0.4, 0.5) is 0 Å². The van der Waals surface area contributed by atoms with E-state index in [2.05, 4.69) is 30.6 Å². The highest BCUT2D eigenvalue weighted by Gasteiger charge is 2.39. The number of carbonyl (C=O) groups excluding carboxylic acids is 1. The Morgan fingerprint density at radius 2 is 1.86 bits per heavy atom. The summed E-state index contributed by atoms with van der Waals surface area (Å²) in [6.45, 7) is 6.19. The number of aromatic nitrogens is 2. The average molecular weight is 485 g/mol. The molecule has 7 nitrogen and oxygen atoms in total. The van der Waals surface area contributed by atoms with Crippen molar-refractivity contribution in [1.29, 1.82) is 5.26 Å². The number of nitriles is 1. The molecule has 36 heavy (non-hydrogen) atoms. The number of hydrogen-bond acceptors (Lipinski definition) is 4. The smallest absolute Gasteiger partial charge is 0.306 e. The first kappa shape index (κ1) is 24.1. The molecule has 0 saturated heterocycles. The van der Waals surface area contributed by atoms with Crippen molar-refractivity contribution in [1.82, 2.24) is 14.5 Å². The van der Waals surface area contributed by atoms with Gasteiger partial charge in [-0.3, -0.25) is 9.59 Å². The Labute approximate surface area is 211 Å². The predicted octanol–water partition coefficient (Wildman–Crippen LogP) is 4.86. The van der Waals surface area contributed by atoms with E-state index in [1.165, 1.54) is 5.56 Å². The van der Waals surface area contributed by atoms with Gasteiger partial charge in [-0.25, -0.2) is 4.98 Å². The van der Waals surface area contributed by atoms with Crippen molar-refractivity contribution in [3.05, 3.63) is 65.0 Å². The van der Waals surface area contributed by atoms with Gasteiger partial charge in [0.1, 0.15) is 5.65 Å². The van der Waals surface area contributed by atoms with Gasteiger partial charge >= 0.3 is 5.97 Å². The van der Waals surface area contributed by atoms with Crippen LogP contribution in [0.15, 0.2) is 42.6 Å². The molecule has 2 aliphatic rings. The zero-order chi connectivity index (χ0) is 25.4. The van der Waals surface area contributed by atoms with Crippen molar-refractivity contribution in [2.45, 2.75) is 64.5 Å². The summed E-state index contributed by atoms with van der Waals surface area (Å²) < 4.78 is 2.23. The largest absolute Gasteiger partial charge is 0.481 e. The number of aliphatic carboxylic acids is 1. The number of rotatable bonds is 5. The summed E-state index contributed by atoms with van der Waals surface area (Å²) in [5.41, 5.74) is 4.77. The Hall–Kier alpha value is -3.66. The molecule has 1 N–H and O–H groups in total. The first-order valence-electron chi connectivity index (χ1n) is 12.7. The van der Waals surface area contributed by atoms with E-state index < -0.39 is 5.97 Å². The predicted molar refractivity (Wildman–Crippen MR) is 136 cm³/mol. The van der Waals surface area contributed by atoms with Crippen LogP contribution in [-0.2, 0) is 28.1 Å². The number of pyridine rings is 1. The third-order valence-corrected chi connectivity index (χ3v) is 7.97. The summed E-state index contributed by atoms with van der Waals surface area (Å²) in [6.07, 6.45) is 5.21. The number of carboxylic acid groups (broad SMARTS) is 1. The van der Waals surface area contributed by atoms with Gasteiger partial charge in [-0.1, -0.05) is 26.0 Å². The van der Waals surface area contributed by atoms with E-state index >= 15 is 0 Å². The van der Waals surface area contributed by atoms with Crippen LogP contribution < -0.4 is 0 Å². The van der Waals surface area contributed by atoms with Gasteiger partial charge in [-0.05, 0) is 67.0 Å². The Balaban J connectivity index is 1.43. The molecule has 1 aromatic carbocycles. The van der Waals surface area contributed by atoms with Crippen molar-refractivity contribution >= 4 is 22.9 Å². The zero-order valence-electron chi connectivity index (χ0n) is 20.9. The maximum atomic E-state index is 13.5. The standard InChI is InChI=1S/C29H32N4O3/c1-29(2)18-32(25(34)14-19-9-11-22(12-10-19)28(35)36)17-24-26(29)23-4-3-13-31-27(23)33(24)16-21-7-5-20(15-30)6-8-21/h3-8,13,19,22H,9-12,14,16-18H2,1-2H3,(H,35,36). The topological polar surface area (TPSA) is 99.2 Å². The fourth-order valence-electron chi connectivity index (χ4n) is 6.14. The van der Waals surface area contributed by atoms with Crippen LogP contribution in [0.25, 0.3) is 11.0 Å². The van der Waals surface area contributed by atoms with Gasteiger partial charge < -0.3 is 14.6 Å². The quantitative estimate of drug-likeness (QED) is 0.558.